The number of likely N-dealkylation sites (tertiary alicyclic amines) is 1. The molecule has 2 aliphatic rings. The third-order valence-electron chi connectivity index (χ3n) is 5.34. The normalized spacial score (nSPS) is 23.1. The molecule has 12 heteroatoms. The molecular formula is C20H21F3N4O5. The number of amides is 2. The molecule has 2 amide bonds. The van der Waals surface area contributed by atoms with E-state index in [9.17, 15) is 22.8 Å². The Balaban J connectivity index is 0.000000360. The van der Waals surface area contributed by atoms with Crippen LogP contribution in [0.25, 0.3) is 0 Å². The molecule has 2 N–H and O–H groups in total. The highest BCUT2D eigenvalue weighted by Crippen LogP contribution is 2.41. The van der Waals surface area contributed by atoms with Crippen LogP contribution >= 0.6 is 0 Å². The van der Waals surface area contributed by atoms with Gasteiger partial charge in [0.2, 0.25) is 0 Å². The second kappa shape index (κ2) is 8.99. The lowest BCUT2D eigenvalue weighted by molar-refractivity contribution is -0.192. The van der Waals surface area contributed by atoms with Gasteiger partial charge in [-0.1, -0.05) is 30.3 Å². The summed E-state index contributed by atoms with van der Waals surface area (Å²) in [7, 11) is 1.78. The van der Waals surface area contributed by atoms with E-state index in [0.29, 0.717) is 25.4 Å². The van der Waals surface area contributed by atoms with Gasteiger partial charge in [-0.15, -0.1) is 0 Å². The number of aliphatic carboxylic acids is 1. The van der Waals surface area contributed by atoms with Gasteiger partial charge in [-0.2, -0.15) is 18.3 Å². The van der Waals surface area contributed by atoms with Gasteiger partial charge in [-0.05, 0) is 11.6 Å². The van der Waals surface area contributed by atoms with Crippen molar-refractivity contribution in [3.05, 3.63) is 53.9 Å². The summed E-state index contributed by atoms with van der Waals surface area (Å²) >= 11 is 0. The molecule has 9 nitrogen and oxygen atoms in total. The SMILES string of the molecule is CN1CC(c2ccccc2)C2(CN(C(=O)c3ccn[nH]3)CCO2)C1=O.O=C(O)C(F)(F)F. The van der Waals surface area contributed by atoms with Gasteiger partial charge >= 0.3 is 12.1 Å². The van der Waals surface area contributed by atoms with Crippen molar-refractivity contribution in [1.29, 1.82) is 0 Å². The number of carbonyl (C=O) groups is 3. The number of aromatic amines is 1. The van der Waals surface area contributed by atoms with Crippen molar-refractivity contribution in [2.24, 2.45) is 0 Å². The summed E-state index contributed by atoms with van der Waals surface area (Å²) in [5.41, 5.74) is 0.451. The van der Waals surface area contributed by atoms with Crippen molar-refractivity contribution in [3.63, 3.8) is 0 Å². The van der Waals surface area contributed by atoms with Crippen LogP contribution in [-0.4, -0.2) is 88.0 Å². The minimum absolute atomic E-state index is 0.0662. The van der Waals surface area contributed by atoms with E-state index >= 15 is 0 Å². The van der Waals surface area contributed by atoms with Crippen LogP contribution in [0.3, 0.4) is 0 Å². The Morgan fingerprint density at radius 2 is 1.91 bits per heavy atom. The first-order valence-corrected chi connectivity index (χ1v) is 9.59. The van der Waals surface area contributed by atoms with E-state index in [2.05, 4.69) is 10.2 Å². The summed E-state index contributed by atoms with van der Waals surface area (Å²) in [6.07, 6.45) is -3.54. The number of carbonyl (C=O) groups excluding carboxylic acids is 2. The zero-order valence-electron chi connectivity index (χ0n) is 17.0. The standard InChI is InChI=1S/C18H20N4O3.C2HF3O2/c1-21-11-14(13-5-3-2-4-6-13)18(17(21)24)12-22(9-10-25-18)16(23)15-7-8-19-20-15;3-2(4,5)1(6)7/h2-8,14H,9-12H2,1H3,(H,19,20);(H,6,7). The zero-order valence-corrected chi connectivity index (χ0v) is 17.0. The van der Waals surface area contributed by atoms with Gasteiger partial charge in [-0.3, -0.25) is 14.7 Å². The molecule has 4 rings (SSSR count). The minimum Gasteiger partial charge on any atom is -0.475 e. The molecule has 1 spiro atoms. The molecule has 0 bridgehead atoms. The van der Waals surface area contributed by atoms with E-state index in [-0.39, 0.29) is 24.3 Å². The largest absolute Gasteiger partial charge is 0.490 e. The molecule has 2 unspecified atom stereocenters. The molecule has 32 heavy (non-hydrogen) atoms. The lowest BCUT2D eigenvalue weighted by atomic mass is 9.83. The second-order valence-corrected chi connectivity index (χ2v) is 7.39. The number of morpholine rings is 1. The number of rotatable bonds is 2. The highest BCUT2D eigenvalue weighted by atomic mass is 19.4. The fourth-order valence-electron chi connectivity index (χ4n) is 3.84. The van der Waals surface area contributed by atoms with Crippen LogP contribution in [0.1, 0.15) is 22.0 Å². The predicted molar refractivity (Wildman–Crippen MR) is 104 cm³/mol. The topological polar surface area (TPSA) is 116 Å². The van der Waals surface area contributed by atoms with Gasteiger partial charge in [0.25, 0.3) is 11.8 Å². The van der Waals surface area contributed by atoms with Crippen LogP contribution in [-0.2, 0) is 14.3 Å². The quantitative estimate of drug-likeness (QED) is 0.711. The first-order valence-electron chi connectivity index (χ1n) is 9.59. The fraction of sp³-hybridized carbons (Fsp3) is 0.400. The highest BCUT2D eigenvalue weighted by Gasteiger charge is 2.57. The van der Waals surface area contributed by atoms with Crippen molar-refractivity contribution >= 4 is 17.8 Å². The summed E-state index contributed by atoms with van der Waals surface area (Å²) in [4.78, 5) is 37.9. The summed E-state index contributed by atoms with van der Waals surface area (Å²) in [6, 6.07) is 11.5. The van der Waals surface area contributed by atoms with E-state index < -0.39 is 17.7 Å². The molecule has 172 valence electrons. The van der Waals surface area contributed by atoms with Gasteiger partial charge in [0.15, 0.2) is 5.60 Å². The number of hydrogen-bond donors (Lipinski definition) is 2. The van der Waals surface area contributed by atoms with Crippen LogP contribution < -0.4 is 0 Å². The van der Waals surface area contributed by atoms with Crippen LogP contribution in [0.2, 0.25) is 0 Å². The number of ether oxygens (including phenoxy) is 1. The Bertz CT molecular complexity index is 967. The number of carboxylic acid groups (broad SMARTS) is 1. The van der Waals surface area contributed by atoms with Crippen molar-refractivity contribution in [3.8, 4) is 0 Å². The molecule has 2 atom stereocenters. The molecule has 2 aromatic rings. The number of hydrogen-bond acceptors (Lipinski definition) is 5. The number of aromatic nitrogens is 2. The third-order valence-corrected chi connectivity index (χ3v) is 5.34. The van der Waals surface area contributed by atoms with Gasteiger partial charge in [-0.25, -0.2) is 4.79 Å². The van der Waals surface area contributed by atoms with Crippen molar-refractivity contribution in [2.45, 2.75) is 17.7 Å². The molecular weight excluding hydrogens is 433 g/mol. The number of alkyl halides is 3. The third kappa shape index (κ3) is 4.59. The lowest BCUT2D eigenvalue weighted by Gasteiger charge is -2.41. The van der Waals surface area contributed by atoms with Crippen LogP contribution in [0, 0.1) is 0 Å². The first-order chi connectivity index (χ1) is 15.1. The molecule has 0 saturated carbocycles. The summed E-state index contributed by atoms with van der Waals surface area (Å²) in [6.45, 7) is 1.61. The van der Waals surface area contributed by atoms with Crippen molar-refractivity contribution < 1.29 is 37.4 Å². The minimum atomic E-state index is -5.08. The van der Waals surface area contributed by atoms with Gasteiger partial charge < -0.3 is 19.6 Å². The second-order valence-electron chi connectivity index (χ2n) is 7.39. The monoisotopic (exact) mass is 454 g/mol. The van der Waals surface area contributed by atoms with Crippen molar-refractivity contribution in [1.82, 2.24) is 20.0 Å². The van der Waals surface area contributed by atoms with Crippen LogP contribution in [0.15, 0.2) is 42.6 Å². The molecule has 1 aromatic heterocycles. The number of H-pyrrole nitrogens is 1. The Kier molecular flexibility index (Phi) is 6.53. The van der Waals surface area contributed by atoms with E-state index in [0.717, 1.165) is 5.56 Å². The van der Waals surface area contributed by atoms with Crippen LogP contribution in [0.5, 0.6) is 0 Å². The van der Waals surface area contributed by atoms with Crippen LogP contribution in [0.4, 0.5) is 13.2 Å². The number of halogens is 3. The molecule has 0 aliphatic carbocycles. The number of nitrogens with zero attached hydrogens (tertiary/aromatic N) is 3. The maximum atomic E-state index is 13.0. The molecule has 0 radical (unpaired) electrons. The smallest absolute Gasteiger partial charge is 0.475 e. The average Bonchev–Trinajstić information content (AvgIpc) is 3.38. The summed E-state index contributed by atoms with van der Waals surface area (Å²) < 4.78 is 37.8. The molecule has 2 fully saturated rings. The maximum absolute atomic E-state index is 13.0. The molecule has 2 aliphatic heterocycles. The molecule has 1 aromatic carbocycles. The Morgan fingerprint density at radius 1 is 1.25 bits per heavy atom. The number of nitrogens with one attached hydrogen (secondary N) is 1. The number of carboxylic acids is 1. The highest BCUT2D eigenvalue weighted by molar-refractivity contribution is 5.94. The number of benzene rings is 1. The van der Waals surface area contributed by atoms with E-state index in [1.807, 2.05) is 30.3 Å². The Labute approximate surface area is 180 Å². The zero-order chi connectivity index (χ0) is 23.5. The lowest BCUT2D eigenvalue weighted by Crippen LogP contribution is -2.59. The van der Waals surface area contributed by atoms with E-state index in [1.165, 1.54) is 0 Å². The average molecular weight is 454 g/mol. The number of likely N-dealkylation sites (N-methyl/N-ethyl adjacent to an activating group) is 1. The van der Waals surface area contributed by atoms with E-state index in [4.69, 9.17) is 14.6 Å². The van der Waals surface area contributed by atoms with Gasteiger partial charge in [0.1, 0.15) is 5.69 Å². The maximum Gasteiger partial charge on any atom is 0.490 e. The fourth-order valence-corrected chi connectivity index (χ4v) is 3.84. The first kappa shape index (κ1) is 23.3. The van der Waals surface area contributed by atoms with Gasteiger partial charge in [0.05, 0.1) is 13.2 Å². The van der Waals surface area contributed by atoms with Gasteiger partial charge in [0, 0.05) is 32.3 Å². The predicted octanol–water partition coefficient (Wildman–Crippen LogP) is 1.51. The Hall–Kier alpha value is -3.41. The molecule has 2 saturated heterocycles. The summed E-state index contributed by atoms with van der Waals surface area (Å²) in [5, 5.41) is 13.7. The van der Waals surface area contributed by atoms with Crippen molar-refractivity contribution in [2.75, 3.05) is 33.3 Å². The molecule has 3 heterocycles. The Morgan fingerprint density at radius 3 is 2.47 bits per heavy atom. The van der Waals surface area contributed by atoms with E-state index in [1.54, 1.807) is 29.1 Å². The summed E-state index contributed by atoms with van der Waals surface area (Å²) in [5.74, 6) is -3.09.